The number of hydrogen-bond acceptors (Lipinski definition) is 4. The molecule has 2 aliphatic heterocycles. The highest BCUT2D eigenvalue weighted by molar-refractivity contribution is 6.01. The van der Waals surface area contributed by atoms with Gasteiger partial charge in [-0.25, -0.2) is 4.99 Å². The van der Waals surface area contributed by atoms with Gasteiger partial charge in [0.15, 0.2) is 0 Å². The molecule has 1 aromatic heterocycles. The molecule has 33 heavy (non-hydrogen) atoms. The number of carboxylic acids is 1. The first-order chi connectivity index (χ1) is 16.2. The lowest BCUT2D eigenvalue weighted by Gasteiger charge is -2.43. The van der Waals surface area contributed by atoms with Crippen LogP contribution in [0.1, 0.15) is 23.7 Å². The van der Waals surface area contributed by atoms with Crippen LogP contribution in [-0.4, -0.2) is 33.0 Å². The second-order valence-corrected chi connectivity index (χ2v) is 8.56. The molecule has 6 nitrogen and oxygen atoms in total. The van der Waals surface area contributed by atoms with Crippen LogP contribution in [0.15, 0.2) is 89.9 Å². The van der Waals surface area contributed by atoms with Gasteiger partial charge < -0.3 is 19.5 Å². The van der Waals surface area contributed by atoms with Crippen molar-refractivity contribution in [2.24, 2.45) is 4.99 Å². The average Bonchev–Trinajstić information content (AvgIpc) is 3.22. The van der Waals surface area contributed by atoms with Gasteiger partial charge in [-0.15, -0.1) is 0 Å². The van der Waals surface area contributed by atoms with Crippen molar-refractivity contribution in [3.63, 3.8) is 0 Å². The second kappa shape index (κ2) is 7.81. The zero-order valence-corrected chi connectivity index (χ0v) is 18.1. The number of fused-ring (bicyclic) bond motifs is 4. The van der Waals surface area contributed by atoms with E-state index in [-0.39, 0.29) is 12.5 Å². The number of nitrogens with zero attached hydrogens (tertiary/aromatic N) is 4. The molecule has 1 unspecified atom stereocenters. The van der Waals surface area contributed by atoms with Gasteiger partial charge in [0.05, 0.1) is 24.7 Å². The summed E-state index contributed by atoms with van der Waals surface area (Å²) in [4.78, 5) is 21.4. The second-order valence-electron chi connectivity index (χ2n) is 8.56. The Bertz CT molecular complexity index is 1380. The van der Waals surface area contributed by atoms with Crippen molar-refractivity contribution in [3.8, 4) is 0 Å². The number of para-hydroxylation sites is 3. The normalized spacial score (nSPS) is 17.5. The Morgan fingerprint density at radius 2 is 1.70 bits per heavy atom. The maximum Gasteiger partial charge on any atom is 0.305 e. The molecule has 0 amide bonds. The first kappa shape index (κ1) is 19.6. The summed E-state index contributed by atoms with van der Waals surface area (Å²) in [6.07, 6.45) is -0.000962. The van der Waals surface area contributed by atoms with Crippen LogP contribution >= 0.6 is 0 Å². The third-order valence-electron chi connectivity index (χ3n) is 6.57. The zero-order valence-electron chi connectivity index (χ0n) is 18.1. The zero-order chi connectivity index (χ0) is 22.4. The Kier molecular flexibility index (Phi) is 4.64. The van der Waals surface area contributed by atoms with Gasteiger partial charge in [-0.1, -0.05) is 54.6 Å². The fourth-order valence-electron chi connectivity index (χ4n) is 5.11. The molecule has 0 saturated carbocycles. The van der Waals surface area contributed by atoms with Gasteiger partial charge in [0.25, 0.3) is 0 Å². The standard InChI is InChI=1S/C27H24N4O2/c32-26(33)17-25-22-11-5-6-12-23(22)28-27(31(25)20-9-2-1-3-10-20)29-14-15-30-21(18-29)16-19-8-4-7-13-24(19)30/h1-13,16,25H,14-15,17-18H2,(H,32,33). The van der Waals surface area contributed by atoms with Gasteiger partial charge in [0.1, 0.15) is 0 Å². The van der Waals surface area contributed by atoms with E-state index < -0.39 is 5.97 Å². The van der Waals surface area contributed by atoms with E-state index in [1.165, 1.54) is 16.6 Å². The van der Waals surface area contributed by atoms with Crippen molar-refractivity contribution in [1.29, 1.82) is 0 Å². The lowest BCUT2D eigenvalue weighted by atomic mass is 9.97. The number of carboxylic acid groups (broad SMARTS) is 1. The summed E-state index contributed by atoms with van der Waals surface area (Å²) in [5.41, 5.74) is 5.23. The van der Waals surface area contributed by atoms with E-state index >= 15 is 0 Å². The fraction of sp³-hybridized carbons (Fsp3) is 0.185. The van der Waals surface area contributed by atoms with Crippen molar-refractivity contribution in [1.82, 2.24) is 9.47 Å². The predicted molar refractivity (Wildman–Crippen MR) is 130 cm³/mol. The van der Waals surface area contributed by atoms with E-state index in [2.05, 4.69) is 44.7 Å². The molecule has 0 radical (unpaired) electrons. The van der Waals surface area contributed by atoms with E-state index in [9.17, 15) is 9.90 Å². The number of hydrogen-bond donors (Lipinski definition) is 1. The van der Waals surface area contributed by atoms with E-state index in [0.717, 1.165) is 42.5 Å². The van der Waals surface area contributed by atoms with E-state index in [4.69, 9.17) is 4.99 Å². The third-order valence-corrected chi connectivity index (χ3v) is 6.57. The van der Waals surface area contributed by atoms with E-state index in [1.807, 2.05) is 54.6 Å². The maximum atomic E-state index is 11.9. The van der Waals surface area contributed by atoms with Crippen LogP contribution in [0, 0.1) is 0 Å². The summed E-state index contributed by atoms with van der Waals surface area (Å²) in [6, 6.07) is 28.3. The number of aromatic nitrogens is 1. The van der Waals surface area contributed by atoms with Gasteiger partial charge in [-0.05, 0) is 35.7 Å². The Morgan fingerprint density at radius 3 is 2.55 bits per heavy atom. The van der Waals surface area contributed by atoms with Crippen LogP contribution < -0.4 is 4.90 Å². The average molecular weight is 437 g/mol. The molecule has 3 aromatic carbocycles. The molecule has 2 aliphatic rings. The SMILES string of the molecule is O=C(O)CC1c2ccccc2N=C(N2CCn3c(cc4ccccc43)C2)N1c1ccccc1. The molecule has 0 aliphatic carbocycles. The van der Waals surface area contributed by atoms with Crippen molar-refractivity contribution in [2.75, 3.05) is 11.4 Å². The molecule has 6 rings (SSSR count). The molecule has 1 atom stereocenters. The van der Waals surface area contributed by atoms with Gasteiger partial charge in [0, 0.05) is 35.6 Å². The first-order valence-electron chi connectivity index (χ1n) is 11.2. The van der Waals surface area contributed by atoms with Crippen molar-refractivity contribution >= 4 is 34.2 Å². The summed E-state index contributed by atoms with van der Waals surface area (Å²) in [5.74, 6) is -0.0154. The molecule has 164 valence electrons. The minimum Gasteiger partial charge on any atom is -0.481 e. The minimum atomic E-state index is -0.823. The lowest BCUT2D eigenvalue weighted by Crippen LogP contribution is -2.50. The fourth-order valence-corrected chi connectivity index (χ4v) is 5.11. The van der Waals surface area contributed by atoms with Gasteiger partial charge in [-0.3, -0.25) is 4.79 Å². The molecule has 0 fully saturated rings. The maximum absolute atomic E-state index is 11.9. The summed E-state index contributed by atoms with van der Waals surface area (Å²) in [6.45, 7) is 2.38. The van der Waals surface area contributed by atoms with Crippen molar-refractivity contribution < 1.29 is 9.90 Å². The molecule has 0 bridgehead atoms. The van der Waals surface area contributed by atoms with Gasteiger partial charge in [-0.2, -0.15) is 0 Å². The number of carbonyl (C=O) groups is 1. The van der Waals surface area contributed by atoms with E-state index in [1.54, 1.807) is 0 Å². The number of benzene rings is 3. The Morgan fingerprint density at radius 1 is 0.939 bits per heavy atom. The van der Waals surface area contributed by atoms with Gasteiger partial charge in [0.2, 0.25) is 5.96 Å². The van der Waals surface area contributed by atoms with E-state index in [0.29, 0.717) is 0 Å². The quantitative estimate of drug-likeness (QED) is 0.481. The van der Waals surface area contributed by atoms with Crippen LogP contribution in [0.4, 0.5) is 11.4 Å². The summed E-state index contributed by atoms with van der Waals surface area (Å²) >= 11 is 0. The Labute approximate surface area is 192 Å². The number of aliphatic imine (C=N–C) groups is 1. The molecular weight excluding hydrogens is 412 g/mol. The molecule has 0 saturated heterocycles. The summed E-state index contributed by atoms with van der Waals surface area (Å²) < 4.78 is 2.38. The molecule has 1 N–H and O–H groups in total. The summed E-state index contributed by atoms with van der Waals surface area (Å²) in [7, 11) is 0. The highest BCUT2D eigenvalue weighted by atomic mass is 16.4. The van der Waals surface area contributed by atoms with Crippen LogP contribution in [0.3, 0.4) is 0 Å². The largest absolute Gasteiger partial charge is 0.481 e. The van der Waals surface area contributed by atoms with Gasteiger partial charge >= 0.3 is 5.97 Å². The number of guanidine groups is 1. The van der Waals surface area contributed by atoms with Crippen LogP contribution in [-0.2, 0) is 17.9 Å². The number of rotatable bonds is 3. The van der Waals surface area contributed by atoms with Crippen LogP contribution in [0.5, 0.6) is 0 Å². The highest BCUT2D eigenvalue weighted by Crippen LogP contribution is 2.41. The van der Waals surface area contributed by atoms with Crippen molar-refractivity contribution in [2.45, 2.75) is 25.6 Å². The number of aliphatic carboxylic acids is 1. The molecule has 6 heteroatoms. The topological polar surface area (TPSA) is 61.1 Å². The lowest BCUT2D eigenvalue weighted by molar-refractivity contribution is -0.137. The molecule has 3 heterocycles. The molecule has 4 aromatic rings. The van der Waals surface area contributed by atoms with Crippen LogP contribution in [0.25, 0.3) is 10.9 Å². The highest BCUT2D eigenvalue weighted by Gasteiger charge is 2.36. The Balaban J connectivity index is 1.47. The molecule has 0 spiro atoms. The summed E-state index contributed by atoms with van der Waals surface area (Å²) in [5, 5.41) is 11.0. The molecular formula is C27H24N4O2. The third kappa shape index (κ3) is 3.35. The minimum absolute atomic E-state index is 0.000962. The van der Waals surface area contributed by atoms with Crippen molar-refractivity contribution in [3.05, 3.63) is 96.2 Å². The smallest absolute Gasteiger partial charge is 0.305 e. The predicted octanol–water partition coefficient (Wildman–Crippen LogP) is 5.18. The monoisotopic (exact) mass is 436 g/mol. The van der Waals surface area contributed by atoms with Crippen LogP contribution in [0.2, 0.25) is 0 Å². The first-order valence-corrected chi connectivity index (χ1v) is 11.2. The Hall–Kier alpha value is -4.06. The number of anilines is 1.